The molecule has 0 radical (unpaired) electrons. The lowest BCUT2D eigenvalue weighted by molar-refractivity contribution is 0.0735. The van der Waals surface area contributed by atoms with Crippen molar-refractivity contribution < 1.29 is 18.3 Å². The summed E-state index contributed by atoms with van der Waals surface area (Å²) in [6, 6.07) is 14.6. The molecule has 1 aliphatic carbocycles. The lowest BCUT2D eigenvalue weighted by Crippen LogP contribution is -2.14. The second-order valence-electron chi connectivity index (χ2n) is 8.34. The van der Waals surface area contributed by atoms with Crippen molar-refractivity contribution >= 4 is 16.7 Å². The van der Waals surface area contributed by atoms with Crippen molar-refractivity contribution in [3.8, 4) is 5.75 Å². The first-order chi connectivity index (χ1) is 15.0. The van der Waals surface area contributed by atoms with Gasteiger partial charge in [-0.1, -0.05) is 24.3 Å². The molecule has 0 spiro atoms. The van der Waals surface area contributed by atoms with Gasteiger partial charge in [-0.15, -0.1) is 6.58 Å². The monoisotopic (exact) mass is 420 g/mol. The van der Waals surface area contributed by atoms with Crippen molar-refractivity contribution in [2.24, 2.45) is 5.92 Å². The van der Waals surface area contributed by atoms with E-state index in [1.165, 1.54) is 61.9 Å². The minimum absolute atomic E-state index is 0.156. The molecule has 0 N–H and O–H groups in total. The largest absolute Gasteiger partial charge is 0.423 e. The third-order valence-electron chi connectivity index (χ3n) is 6.33. The van der Waals surface area contributed by atoms with E-state index in [0.29, 0.717) is 22.6 Å². The highest BCUT2D eigenvalue weighted by Gasteiger charge is 2.22. The van der Waals surface area contributed by atoms with Gasteiger partial charge in [0.05, 0.1) is 5.56 Å². The van der Waals surface area contributed by atoms with Crippen LogP contribution >= 0.6 is 0 Å². The van der Waals surface area contributed by atoms with Crippen LogP contribution in [0.1, 0.15) is 60.4 Å². The van der Waals surface area contributed by atoms with Gasteiger partial charge in [-0.25, -0.2) is 13.6 Å². The van der Waals surface area contributed by atoms with Gasteiger partial charge in [0.2, 0.25) is 0 Å². The first kappa shape index (κ1) is 21.2. The molecular formula is C27H26F2O2. The second-order valence-corrected chi connectivity index (χ2v) is 8.34. The molecule has 4 heteroatoms. The smallest absolute Gasteiger partial charge is 0.343 e. The quantitative estimate of drug-likeness (QED) is 0.233. The summed E-state index contributed by atoms with van der Waals surface area (Å²) in [7, 11) is 0. The molecule has 1 aliphatic rings. The predicted molar refractivity (Wildman–Crippen MR) is 119 cm³/mol. The molecule has 0 amide bonds. The van der Waals surface area contributed by atoms with E-state index in [2.05, 4.69) is 6.58 Å². The van der Waals surface area contributed by atoms with Crippen LogP contribution in [0, 0.1) is 17.6 Å². The number of hydrogen-bond donors (Lipinski definition) is 0. The molecule has 1 saturated carbocycles. The number of allylic oxidation sites excluding steroid dienone is 1. The van der Waals surface area contributed by atoms with E-state index in [-0.39, 0.29) is 5.39 Å². The van der Waals surface area contributed by atoms with Crippen LogP contribution in [0.4, 0.5) is 8.78 Å². The molecule has 2 nitrogen and oxygen atoms in total. The fraction of sp³-hybridized carbons (Fsp3) is 0.296. The van der Waals surface area contributed by atoms with Crippen molar-refractivity contribution in [2.45, 2.75) is 44.4 Å². The van der Waals surface area contributed by atoms with Crippen molar-refractivity contribution in [1.82, 2.24) is 0 Å². The highest BCUT2D eigenvalue weighted by atomic mass is 19.2. The minimum atomic E-state index is -0.902. The van der Waals surface area contributed by atoms with Crippen molar-refractivity contribution in [3.05, 3.63) is 90.0 Å². The molecule has 0 bridgehead atoms. The zero-order chi connectivity index (χ0) is 21.8. The van der Waals surface area contributed by atoms with Crippen LogP contribution in [0.5, 0.6) is 5.75 Å². The fourth-order valence-electron chi connectivity index (χ4n) is 4.50. The zero-order valence-electron chi connectivity index (χ0n) is 17.5. The molecule has 4 rings (SSSR count). The molecule has 160 valence electrons. The Hall–Kier alpha value is -3.01. The Bertz CT molecular complexity index is 1080. The second kappa shape index (κ2) is 9.42. The predicted octanol–water partition coefficient (Wildman–Crippen LogP) is 7.58. The van der Waals surface area contributed by atoms with E-state index in [0.717, 1.165) is 18.4 Å². The number of rotatable bonds is 6. The number of esters is 1. The summed E-state index contributed by atoms with van der Waals surface area (Å²) >= 11 is 0. The third-order valence-corrected chi connectivity index (χ3v) is 6.33. The van der Waals surface area contributed by atoms with E-state index in [4.69, 9.17) is 4.74 Å². The number of ether oxygens (including phenoxy) is 1. The molecule has 0 heterocycles. The van der Waals surface area contributed by atoms with Crippen LogP contribution in [-0.4, -0.2) is 5.97 Å². The van der Waals surface area contributed by atoms with Gasteiger partial charge in [-0.2, -0.15) is 0 Å². The van der Waals surface area contributed by atoms with E-state index < -0.39 is 17.6 Å². The number of carbonyl (C=O) groups excluding carboxylic acids is 1. The Morgan fingerprint density at radius 2 is 1.74 bits per heavy atom. The normalized spacial score (nSPS) is 18.6. The van der Waals surface area contributed by atoms with E-state index in [1.807, 2.05) is 18.2 Å². The summed E-state index contributed by atoms with van der Waals surface area (Å²) in [5.74, 6) is -0.633. The zero-order valence-corrected chi connectivity index (χ0v) is 17.5. The van der Waals surface area contributed by atoms with Gasteiger partial charge in [0.25, 0.3) is 0 Å². The third kappa shape index (κ3) is 4.84. The molecule has 0 unspecified atom stereocenters. The number of fused-ring (bicyclic) bond motifs is 1. The highest BCUT2D eigenvalue weighted by molar-refractivity contribution is 5.92. The molecule has 0 atom stereocenters. The Morgan fingerprint density at radius 1 is 1.00 bits per heavy atom. The Balaban J connectivity index is 1.39. The van der Waals surface area contributed by atoms with E-state index >= 15 is 0 Å². The Labute approximate surface area is 181 Å². The lowest BCUT2D eigenvalue weighted by Gasteiger charge is -2.28. The summed E-state index contributed by atoms with van der Waals surface area (Å²) < 4.78 is 32.6. The maximum atomic E-state index is 13.8. The van der Waals surface area contributed by atoms with Crippen LogP contribution in [0.2, 0.25) is 0 Å². The maximum absolute atomic E-state index is 13.8. The van der Waals surface area contributed by atoms with Gasteiger partial charge in [-0.05, 0) is 97.7 Å². The van der Waals surface area contributed by atoms with Gasteiger partial charge < -0.3 is 4.74 Å². The first-order valence-corrected chi connectivity index (χ1v) is 10.9. The number of benzene rings is 3. The van der Waals surface area contributed by atoms with Gasteiger partial charge >= 0.3 is 5.97 Å². The molecule has 0 aliphatic heterocycles. The van der Waals surface area contributed by atoms with Crippen LogP contribution in [-0.2, 0) is 0 Å². The van der Waals surface area contributed by atoms with Gasteiger partial charge in [0, 0.05) is 5.39 Å². The summed E-state index contributed by atoms with van der Waals surface area (Å²) in [6.07, 6.45) is 9.18. The average Bonchev–Trinajstić information content (AvgIpc) is 2.80. The van der Waals surface area contributed by atoms with Crippen LogP contribution in [0.15, 0.2) is 67.3 Å². The number of carbonyl (C=O) groups is 1. The summed E-state index contributed by atoms with van der Waals surface area (Å²) in [5.41, 5.74) is 1.73. The standard InChI is InChI=1S/C27H26F2O2/c1-2-3-4-18-5-7-19(8-6-18)20-9-11-21(12-10-20)27(30)31-23-14-15-24-22(17-23)13-16-25(28)26(24)29/h2,9-19H,1,3-8H2. The van der Waals surface area contributed by atoms with E-state index in [9.17, 15) is 13.6 Å². The molecular weight excluding hydrogens is 394 g/mol. The summed E-state index contributed by atoms with van der Waals surface area (Å²) in [6.45, 7) is 3.81. The molecule has 0 aromatic heterocycles. The Kier molecular flexibility index (Phi) is 6.45. The first-order valence-electron chi connectivity index (χ1n) is 10.9. The van der Waals surface area contributed by atoms with Crippen molar-refractivity contribution in [1.29, 1.82) is 0 Å². The summed E-state index contributed by atoms with van der Waals surface area (Å²) in [4.78, 5) is 12.5. The van der Waals surface area contributed by atoms with Crippen LogP contribution in [0.3, 0.4) is 0 Å². The van der Waals surface area contributed by atoms with Gasteiger partial charge in [0.1, 0.15) is 5.75 Å². The average molecular weight is 420 g/mol. The van der Waals surface area contributed by atoms with Crippen molar-refractivity contribution in [3.63, 3.8) is 0 Å². The molecule has 1 fully saturated rings. The number of halogens is 2. The lowest BCUT2D eigenvalue weighted by atomic mass is 9.77. The Morgan fingerprint density at radius 3 is 2.45 bits per heavy atom. The SMILES string of the molecule is C=CCCC1CCC(c2ccc(C(=O)Oc3ccc4c(F)c(F)ccc4c3)cc2)CC1. The molecule has 0 saturated heterocycles. The van der Waals surface area contributed by atoms with Gasteiger partial charge in [-0.3, -0.25) is 0 Å². The minimum Gasteiger partial charge on any atom is -0.423 e. The molecule has 31 heavy (non-hydrogen) atoms. The van der Waals surface area contributed by atoms with Crippen LogP contribution in [0.25, 0.3) is 10.8 Å². The highest BCUT2D eigenvalue weighted by Crippen LogP contribution is 2.37. The maximum Gasteiger partial charge on any atom is 0.343 e. The van der Waals surface area contributed by atoms with E-state index in [1.54, 1.807) is 12.1 Å². The summed E-state index contributed by atoms with van der Waals surface area (Å²) in [5, 5.41) is 0.631. The number of hydrogen-bond acceptors (Lipinski definition) is 2. The molecule has 3 aromatic carbocycles. The van der Waals surface area contributed by atoms with Crippen LogP contribution < -0.4 is 4.74 Å². The topological polar surface area (TPSA) is 26.3 Å². The van der Waals surface area contributed by atoms with Gasteiger partial charge in [0.15, 0.2) is 11.6 Å². The van der Waals surface area contributed by atoms with Crippen molar-refractivity contribution in [2.75, 3.05) is 0 Å². The molecule has 3 aromatic rings. The fourth-order valence-corrected chi connectivity index (χ4v) is 4.50.